The summed E-state index contributed by atoms with van der Waals surface area (Å²) < 4.78 is 4.94. The minimum absolute atomic E-state index is 0. The standard InChI is InChI=1S/C16H17NO2.C16H15NO2.C10H12O2.C6H5NO.C4H8O.CH3O.Na/c2*1-11-9-14(16(19)10-12(11)2)15(18)7-6-13-5-3-4-8-17-13;1-6-4-9(8(3)11)10(12)5-7(6)2;8-5-6-3-1-2-4-7-6;1-2-4-5-3-1;1-2;/h3-5,8-10,19H,6-7H2,1-2H3;3-10,19H,1-2H3;4-5,12H,1-3H3;1-5H;1-4H2;1H3;/q;;;;;-1;+1. The van der Waals surface area contributed by atoms with Crippen molar-refractivity contribution >= 4 is 29.7 Å². The van der Waals surface area contributed by atoms with E-state index in [0.29, 0.717) is 40.9 Å². The molecule has 0 atom stereocenters. The number of rotatable bonds is 9. The number of hydrogen-bond donors (Lipinski definition) is 3. The summed E-state index contributed by atoms with van der Waals surface area (Å²) in [6.07, 6.45) is 12.2. The van der Waals surface area contributed by atoms with Crippen LogP contribution in [0.2, 0.25) is 0 Å². The molecule has 1 fully saturated rings. The predicted octanol–water partition coefficient (Wildman–Crippen LogP) is 6.40. The van der Waals surface area contributed by atoms with Crippen LogP contribution in [0.1, 0.15) is 113 Å². The molecule has 1 aliphatic rings. The molecule has 0 unspecified atom stereocenters. The molecule has 0 spiro atoms. The van der Waals surface area contributed by atoms with Gasteiger partial charge in [0.15, 0.2) is 23.6 Å². The summed E-state index contributed by atoms with van der Waals surface area (Å²) >= 11 is 0. The van der Waals surface area contributed by atoms with Crippen molar-refractivity contribution in [3.8, 4) is 17.2 Å². The van der Waals surface area contributed by atoms with Crippen LogP contribution in [0.4, 0.5) is 0 Å². The molecule has 3 aromatic heterocycles. The van der Waals surface area contributed by atoms with E-state index < -0.39 is 0 Å². The van der Waals surface area contributed by atoms with E-state index in [1.165, 1.54) is 25.8 Å². The van der Waals surface area contributed by atoms with Gasteiger partial charge in [0, 0.05) is 43.9 Å². The van der Waals surface area contributed by atoms with Gasteiger partial charge >= 0.3 is 29.6 Å². The summed E-state index contributed by atoms with van der Waals surface area (Å²) in [5.41, 5.74) is 9.15. The van der Waals surface area contributed by atoms with Crippen molar-refractivity contribution in [3.05, 3.63) is 183 Å². The van der Waals surface area contributed by atoms with Crippen molar-refractivity contribution in [1.82, 2.24) is 15.0 Å². The molecule has 0 saturated carbocycles. The van der Waals surface area contributed by atoms with Crippen LogP contribution < -0.4 is 34.7 Å². The average Bonchev–Trinajstić information content (AvgIpc) is 3.92. The summed E-state index contributed by atoms with van der Waals surface area (Å²) in [6.45, 7) is 14.9. The number of carbonyl (C=O) groups excluding carboxylic acids is 4. The van der Waals surface area contributed by atoms with Gasteiger partial charge in [-0.15, -0.1) is 0 Å². The number of carbonyl (C=O) groups is 4. The third-order valence-corrected chi connectivity index (χ3v) is 9.84. The number of allylic oxidation sites excluding steroid dienone is 1. The number of pyridine rings is 3. The molecule has 3 aromatic carbocycles. The maximum atomic E-state index is 12.1. The number of aryl methyl sites for hydroxylation is 7. The van der Waals surface area contributed by atoms with E-state index in [2.05, 4.69) is 15.0 Å². The SMILES string of the molecule is C1CCOC1.CC(=O)c1cc(C)c(C)cc1O.C[O-].Cc1cc(O)c(C(=O)C=Cc2ccccn2)cc1C.Cc1cc(O)c(C(=O)CCc2ccccn2)cc1C.O=Cc1ccccn1.[Na+]. The molecule has 0 amide bonds. The largest absolute Gasteiger partial charge is 1.00 e. The monoisotopic (exact) mass is 905 g/mol. The molecule has 4 heterocycles. The van der Waals surface area contributed by atoms with Crippen LogP contribution in [0.3, 0.4) is 0 Å². The van der Waals surface area contributed by atoms with E-state index in [9.17, 15) is 34.5 Å². The first-order valence-electron chi connectivity index (χ1n) is 20.9. The Morgan fingerprint density at radius 3 is 1.44 bits per heavy atom. The van der Waals surface area contributed by atoms with Gasteiger partial charge in [0.1, 0.15) is 22.9 Å². The fraction of sp³-hybridized carbons (Fsp3) is 0.264. The number of nitrogens with zero attached hydrogens (tertiary/aromatic N) is 3. The van der Waals surface area contributed by atoms with Crippen LogP contribution in [0.15, 0.2) is 116 Å². The molecular weight excluding hydrogens is 846 g/mol. The molecule has 12 nitrogen and oxygen atoms in total. The van der Waals surface area contributed by atoms with Gasteiger partial charge < -0.3 is 25.2 Å². The minimum Gasteiger partial charge on any atom is -0.857 e. The van der Waals surface area contributed by atoms with Gasteiger partial charge in [0.2, 0.25) is 0 Å². The Labute approximate surface area is 410 Å². The van der Waals surface area contributed by atoms with E-state index in [-0.39, 0.29) is 64.2 Å². The van der Waals surface area contributed by atoms with Crippen molar-refractivity contribution in [2.75, 3.05) is 20.3 Å². The molecule has 0 bridgehead atoms. The fourth-order valence-electron chi connectivity index (χ4n) is 5.71. The van der Waals surface area contributed by atoms with Gasteiger partial charge in [-0.3, -0.25) is 34.1 Å². The smallest absolute Gasteiger partial charge is 0.857 e. The van der Waals surface area contributed by atoms with Crippen molar-refractivity contribution in [1.29, 1.82) is 0 Å². The van der Waals surface area contributed by atoms with Crippen LogP contribution in [0, 0.1) is 41.5 Å². The van der Waals surface area contributed by atoms with Crippen LogP contribution in [0.25, 0.3) is 6.08 Å². The second kappa shape index (κ2) is 31.7. The van der Waals surface area contributed by atoms with Crippen LogP contribution in [-0.2, 0) is 11.2 Å². The number of hydrogen-bond acceptors (Lipinski definition) is 12. The van der Waals surface area contributed by atoms with Crippen molar-refractivity contribution in [2.24, 2.45) is 0 Å². The fourth-order valence-corrected chi connectivity index (χ4v) is 5.71. The molecule has 6 aromatic rings. The zero-order valence-corrected chi connectivity index (χ0v) is 41.5. The van der Waals surface area contributed by atoms with Crippen LogP contribution in [0.5, 0.6) is 17.2 Å². The number of benzene rings is 3. The van der Waals surface area contributed by atoms with Crippen LogP contribution >= 0.6 is 0 Å². The number of aromatic hydroxyl groups is 3. The summed E-state index contributed by atoms with van der Waals surface area (Å²) in [5, 5.41) is 37.3. The topological polar surface area (TPSA) is 200 Å². The first-order valence-corrected chi connectivity index (χ1v) is 20.9. The Balaban J connectivity index is 0.000000432. The summed E-state index contributed by atoms with van der Waals surface area (Å²) in [7, 11) is 0.750. The Bertz CT molecular complexity index is 2450. The Hall–Kier alpha value is -6.15. The van der Waals surface area contributed by atoms with E-state index in [1.54, 1.807) is 79.3 Å². The first-order chi connectivity index (χ1) is 31.1. The Morgan fingerprint density at radius 2 is 1.03 bits per heavy atom. The van der Waals surface area contributed by atoms with Gasteiger partial charge in [0.05, 0.1) is 22.4 Å². The molecule has 1 saturated heterocycles. The number of ketones is 3. The molecule has 7 rings (SSSR count). The number of phenolic OH excluding ortho intramolecular Hbond substituents is 3. The maximum absolute atomic E-state index is 12.1. The molecule has 0 radical (unpaired) electrons. The zero-order chi connectivity index (χ0) is 48.3. The second-order valence-corrected chi connectivity index (χ2v) is 14.8. The Morgan fingerprint density at radius 1 is 0.606 bits per heavy atom. The summed E-state index contributed by atoms with van der Waals surface area (Å²) in [4.78, 5) is 57.1. The van der Waals surface area contributed by atoms with Gasteiger partial charge in [-0.1, -0.05) is 18.2 Å². The maximum Gasteiger partial charge on any atom is 1.00 e. The quantitative estimate of drug-likeness (QED) is 0.0625. The summed E-state index contributed by atoms with van der Waals surface area (Å²) in [5.74, 6) is -0.230. The number of ether oxygens (including phenoxy) is 1. The molecule has 1 aliphatic heterocycles. The normalized spacial score (nSPS) is 10.9. The molecule has 0 aliphatic carbocycles. The third-order valence-electron chi connectivity index (χ3n) is 9.84. The van der Waals surface area contributed by atoms with Crippen LogP contribution in [-0.4, -0.2) is 74.2 Å². The van der Waals surface area contributed by atoms with Gasteiger partial charge in [-0.05, 0) is 186 Å². The third kappa shape index (κ3) is 20.8. The number of aldehydes is 1. The number of Topliss-reactive ketones (excluding diaryl/α,β-unsaturated/α-hetero) is 2. The van der Waals surface area contributed by atoms with Crippen molar-refractivity contribution < 1.29 is 73.9 Å². The van der Waals surface area contributed by atoms with Crippen molar-refractivity contribution in [3.63, 3.8) is 0 Å². The van der Waals surface area contributed by atoms with Crippen molar-refractivity contribution in [2.45, 2.75) is 74.1 Å². The molecule has 342 valence electrons. The minimum atomic E-state index is -0.230. The van der Waals surface area contributed by atoms with E-state index in [0.717, 1.165) is 65.7 Å². The second-order valence-electron chi connectivity index (χ2n) is 14.8. The number of aromatic nitrogens is 3. The zero-order valence-electron chi connectivity index (χ0n) is 39.5. The van der Waals surface area contributed by atoms with Gasteiger partial charge in [-0.2, -0.15) is 7.11 Å². The van der Waals surface area contributed by atoms with E-state index >= 15 is 0 Å². The Kier molecular flexibility index (Phi) is 27.8. The van der Waals surface area contributed by atoms with E-state index in [1.807, 2.05) is 77.9 Å². The number of phenols is 3. The van der Waals surface area contributed by atoms with Gasteiger partial charge in [-0.25, -0.2) is 0 Å². The molecular formula is C53H60N3NaO9. The molecule has 66 heavy (non-hydrogen) atoms. The first kappa shape index (κ1) is 57.9. The summed E-state index contributed by atoms with van der Waals surface area (Å²) in [6, 6.07) is 26.4. The van der Waals surface area contributed by atoms with Gasteiger partial charge in [0.25, 0.3) is 0 Å². The average molecular weight is 906 g/mol. The predicted molar refractivity (Wildman–Crippen MR) is 253 cm³/mol. The van der Waals surface area contributed by atoms with E-state index in [4.69, 9.17) is 9.84 Å². The molecule has 3 N–H and O–H groups in total. The molecule has 13 heteroatoms.